The van der Waals surface area contributed by atoms with Crippen LogP contribution in [-0.2, 0) is 6.54 Å². The quantitative estimate of drug-likeness (QED) is 0.814. The van der Waals surface area contributed by atoms with Crippen LogP contribution in [0.3, 0.4) is 0 Å². The van der Waals surface area contributed by atoms with Crippen molar-refractivity contribution in [3.05, 3.63) is 29.6 Å². The summed E-state index contributed by atoms with van der Waals surface area (Å²) in [5, 5.41) is 0. The van der Waals surface area contributed by atoms with Crippen LogP contribution in [0.1, 0.15) is 31.2 Å². The van der Waals surface area contributed by atoms with Gasteiger partial charge in [-0.05, 0) is 25.5 Å². The van der Waals surface area contributed by atoms with Crippen molar-refractivity contribution < 1.29 is 0 Å². The minimum Gasteiger partial charge on any atom is -0.392 e. The fourth-order valence-electron chi connectivity index (χ4n) is 2.93. The van der Waals surface area contributed by atoms with E-state index in [2.05, 4.69) is 33.8 Å². The number of rotatable bonds is 6. The van der Waals surface area contributed by atoms with Gasteiger partial charge in [0.25, 0.3) is 0 Å². The summed E-state index contributed by atoms with van der Waals surface area (Å²) in [5.74, 6) is 0. The summed E-state index contributed by atoms with van der Waals surface area (Å²) in [6.45, 7) is 9.34. The lowest BCUT2D eigenvalue weighted by molar-refractivity contribution is 0.109. The third kappa shape index (κ3) is 4.73. The zero-order valence-corrected chi connectivity index (χ0v) is 13.9. The molecule has 0 saturated carbocycles. The van der Waals surface area contributed by atoms with E-state index < -0.39 is 0 Å². The van der Waals surface area contributed by atoms with Gasteiger partial charge >= 0.3 is 0 Å². The molecule has 2 rings (SSSR count). The van der Waals surface area contributed by atoms with E-state index in [0.717, 1.165) is 57.0 Å². The van der Waals surface area contributed by atoms with Gasteiger partial charge in [-0.2, -0.15) is 0 Å². The van der Waals surface area contributed by atoms with Crippen LogP contribution in [0, 0.1) is 6.92 Å². The number of hydrogen-bond acceptors (Lipinski definition) is 4. The van der Waals surface area contributed by atoms with E-state index in [-0.39, 0.29) is 6.04 Å². The monoisotopic (exact) mass is 306 g/mol. The van der Waals surface area contributed by atoms with E-state index >= 15 is 0 Å². The van der Waals surface area contributed by atoms with Crippen LogP contribution in [0.5, 0.6) is 0 Å². The second-order valence-corrected chi connectivity index (χ2v) is 6.26. The average molecular weight is 306 g/mol. The van der Waals surface area contributed by atoms with E-state index in [1.807, 2.05) is 13.0 Å². The fourth-order valence-corrected chi connectivity index (χ4v) is 3.19. The van der Waals surface area contributed by atoms with Gasteiger partial charge in [0.1, 0.15) is 0 Å². The van der Waals surface area contributed by atoms with Crippen molar-refractivity contribution in [3.8, 4) is 0 Å². The summed E-state index contributed by atoms with van der Waals surface area (Å²) >= 11 is 5.22. The number of hydrogen-bond donors (Lipinski definition) is 1. The van der Waals surface area contributed by atoms with Gasteiger partial charge in [0.05, 0.1) is 16.7 Å². The van der Waals surface area contributed by atoms with Gasteiger partial charge in [-0.25, -0.2) is 0 Å². The molecule has 1 unspecified atom stereocenters. The Hall–Kier alpha value is -1.04. The van der Waals surface area contributed by atoms with E-state index in [9.17, 15) is 0 Å². The van der Waals surface area contributed by atoms with Crippen LogP contribution in [-0.4, -0.2) is 52.0 Å². The van der Waals surface area contributed by atoms with Gasteiger partial charge in [-0.1, -0.05) is 31.6 Å². The SMILES string of the molecule is CCCC(C(N)=S)N1CCN(Cc2cccc(C)n2)CC1. The van der Waals surface area contributed by atoms with E-state index in [1.165, 1.54) is 0 Å². The molecular formula is C16H26N4S. The molecule has 0 bridgehead atoms. The molecule has 2 heterocycles. The van der Waals surface area contributed by atoms with Crippen molar-refractivity contribution >= 4 is 17.2 Å². The number of piperazine rings is 1. The number of nitrogens with two attached hydrogens (primary N) is 1. The Morgan fingerprint density at radius 1 is 1.33 bits per heavy atom. The van der Waals surface area contributed by atoms with Gasteiger partial charge < -0.3 is 5.73 Å². The first-order chi connectivity index (χ1) is 10.1. The van der Waals surface area contributed by atoms with Crippen molar-refractivity contribution in [2.45, 2.75) is 39.3 Å². The molecule has 0 aliphatic carbocycles. The minimum absolute atomic E-state index is 0.268. The van der Waals surface area contributed by atoms with Crippen LogP contribution in [0.25, 0.3) is 0 Å². The van der Waals surface area contributed by atoms with Crippen LogP contribution < -0.4 is 5.73 Å². The molecule has 5 heteroatoms. The first kappa shape index (κ1) is 16.3. The van der Waals surface area contributed by atoms with Gasteiger partial charge in [0.2, 0.25) is 0 Å². The highest BCUT2D eigenvalue weighted by molar-refractivity contribution is 7.80. The van der Waals surface area contributed by atoms with Gasteiger partial charge in [-0.15, -0.1) is 0 Å². The smallest absolute Gasteiger partial charge is 0.0902 e. The van der Waals surface area contributed by atoms with E-state index in [0.29, 0.717) is 4.99 Å². The van der Waals surface area contributed by atoms with Crippen LogP contribution >= 0.6 is 12.2 Å². The summed E-state index contributed by atoms with van der Waals surface area (Å²) in [4.78, 5) is 10.1. The zero-order chi connectivity index (χ0) is 15.2. The molecule has 1 aromatic heterocycles. The molecule has 2 N–H and O–H groups in total. The molecule has 116 valence electrons. The van der Waals surface area contributed by atoms with Gasteiger partial charge in [0.15, 0.2) is 0 Å². The zero-order valence-electron chi connectivity index (χ0n) is 13.1. The molecule has 21 heavy (non-hydrogen) atoms. The Bertz CT molecular complexity index is 469. The number of aryl methyl sites for hydroxylation is 1. The second kappa shape index (κ2) is 7.82. The largest absolute Gasteiger partial charge is 0.392 e. The molecule has 1 fully saturated rings. The third-order valence-corrected chi connectivity index (χ3v) is 4.34. The molecule has 1 aromatic rings. The average Bonchev–Trinajstić information content (AvgIpc) is 2.45. The second-order valence-electron chi connectivity index (χ2n) is 5.79. The van der Waals surface area contributed by atoms with Crippen molar-refractivity contribution in [3.63, 3.8) is 0 Å². The molecule has 1 aliphatic heterocycles. The fraction of sp³-hybridized carbons (Fsp3) is 0.625. The normalized spacial score (nSPS) is 18.6. The van der Waals surface area contributed by atoms with Crippen LogP contribution in [0.4, 0.5) is 0 Å². The highest BCUT2D eigenvalue weighted by Crippen LogP contribution is 2.13. The Balaban J connectivity index is 1.86. The van der Waals surface area contributed by atoms with Crippen molar-refractivity contribution in [2.24, 2.45) is 5.73 Å². The maximum Gasteiger partial charge on any atom is 0.0902 e. The highest BCUT2D eigenvalue weighted by Gasteiger charge is 2.25. The molecule has 4 nitrogen and oxygen atoms in total. The predicted molar refractivity (Wildman–Crippen MR) is 91.3 cm³/mol. The Morgan fingerprint density at radius 2 is 2.05 bits per heavy atom. The summed E-state index contributed by atoms with van der Waals surface area (Å²) in [5.41, 5.74) is 8.14. The summed E-state index contributed by atoms with van der Waals surface area (Å²) in [6, 6.07) is 6.50. The van der Waals surface area contributed by atoms with Crippen molar-refractivity contribution in [1.82, 2.24) is 14.8 Å². The standard InChI is InChI=1S/C16H26N4S/c1-3-5-15(16(17)21)20-10-8-19(9-11-20)12-14-7-4-6-13(2)18-14/h4,6-7,15H,3,5,8-12H2,1-2H3,(H2,17,21). The predicted octanol–water partition coefficient (Wildman–Crippen LogP) is 1.96. The van der Waals surface area contributed by atoms with E-state index in [1.54, 1.807) is 0 Å². The lowest BCUT2D eigenvalue weighted by Crippen LogP contribution is -2.53. The molecule has 0 spiro atoms. The number of aromatic nitrogens is 1. The molecule has 0 radical (unpaired) electrons. The highest BCUT2D eigenvalue weighted by atomic mass is 32.1. The summed E-state index contributed by atoms with van der Waals surface area (Å²) < 4.78 is 0. The number of nitrogens with zero attached hydrogens (tertiary/aromatic N) is 3. The summed E-state index contributed by atoms with van der Waals surface area (Å²) in [6.07, 6.45) is 2.18. The first-order valence-corrected chi connectivity index (χ1v) is 8.19. The van der Waals surface area contributed by atoms with Crippen molar-refractivity contribution in [2.75, 3.05) is 26.2 Å². The minimum atomic E-state index is 0.268. The molecule has 1 aliphatic rings. The Labute approximate surface area is 133 Å². The Kier molecular flexibility index (Phi) is 6.08. The first-order valence-electron chi connectivity index (χ1n) is 7.78. The summed E-state index contributed by atoms with van der Waals surface area (Å²) in [7, 11) is 0. The maximum absolute atomic E-state index is 5.89. The number of pyridine rings is 1. The molecule has 0 aromatic carbocycles. The lowest BCUT2D eigenvalue weighted by Gasteiger charge is -2.38. The molecule has 1 atom stereocenters. The van der Waals surface area contributed by atoms with Gasteiger partial charge in [-0.3, -0.25) is 14.8 Å². The topological polar surface area (TPSA) is 45.4 Å². The van der Waals surface area contributed by atoms with Crippen LogP contribution in [0.15, 0.2) is 18.2 Å². The van der Waals surface area contributed by atoms with Crippen LogP contribution in [0.2, 0.25) is 0 Å². The number of thiocarbonyl (C=S) groups is 1. The molecule has 1 saturated heterocycles. The Morgan fingerprint density at radius 3 is 2.62 bits per heavy atom. The van der Waals surface area contributed by atoms with Crippen molar-refractivity contribution in [1.29, 1.82) is 0 Å². The molecule has 0 amide bonds. The lowest BCUT2D eigenvalue weighted by atomic mass is 10.1. The third-order valence-electron chi connectivity index (χ3n) is 4.07. The maximum atomic E-state index is 5.89. The molecular weight excluding hydrogens is 280 g/mol. The van der Waals surface area contributed by atoms with Gasteiger partial charge in [0, 0.05) is 38.4 Å². The van der Waals surface area contributed by atoms with E-state index in [4.69, 9.17) is 18.0 Å².